The van der Waals surface area contributed by atoms with E-state index in [4.69, 9.17) is 5.11 Å². The molecule has 0 saturated heterocycles. The fourth-order valence-electron chi connectivity index (χ4n) is 0.438. The van der Waals surface area contributed by atoms with Crippen LogP contribution in [0.2, 0.25) is 0 Å². The molecule has 1 unspecified atom stereocenters. The lowest BCUT2D eigenvalue weighted by Gasteiger charge is -2.03. The molecule has 0 spiro atoms. The van der Waals surface area contributed by atoms with E-state index in [0.717, 1.165) is 6.42 Å². The molecule has 10 heavy (non-hydrogen) atoms. The van der Waals surface area contributed by atoms with Gasteiger partial charge < -0.3 is 9.84 Å². The molecule has 0 saturated carbocycles. The first-order chi connectivity index (χ1) is 4.66. The molecule has 0 heterocycles. The molecule has 1 atom stereocenters. The number of carbonyl (C=O) groups is 1. The molecule has 4 heteroatoms. The lowest BCUT2D eigenvalue weighted by molar-refractivity contribution is -0.145. The third-order valence-corrected chi connectivity index (χ3v) is 1.10. The van der Waals surface area contributed by atoms with Gasteiger partial charge in [-0.1, -0.05) is 22.9 Å². The smallest absolute Gasteiger partial charge is 0.305 e. The minimum absolute atomic E-state index is 0.0266. The number of hydrogen-bond acceptors (Lipinski definition) is 3. The summed E-state index contributed by atoms with van der Waals surface area (Å²) in [6.07, 6.45) is 1.19. The summed E-state index contributed by atoms with van der Waals surface area (Å²) in [7, 11) is 0. The maximum Gasteiger partial charge on any atom is 0.305 e. The zero-order chi connectivity index (χ0) is 7.98. The van der Waals surface area contributed by atoms with Gasteiger partial charge in [0.05, 0.1) is 0 Å². The van der Waals surface area contributed by atoms with Crippen molar-refractivity contribution in [2.75, 3.05) is 6.61 Å². The van der Waals surface area contributed by atoms with Crippen LogP contribution in [0.4, 0.5) is 0 Å². The summed E-state index contributed by atoms with van der Waals surface area (Å²) < 4.78 is 4.61. The Hall–Kier alpha value is -0.0900. The van der Waals surface area contributed by atoms with Crippen LogP contribution < -0.4 is 0 Å². The van der Waals surface area contributed by atoms with Crippen molar-refractivity contribution in [2.24, 2.45) is 0 Å². The first kappa shape index (κ1) is 9.91. The minimum atomic E-state index is -0.742. The molecule has 0 aromatic rings. The van der Waals surface area contributed by atoms with E-state index in [0.29, 0.717) is 6.42 Å². The zero-order valence-electron chi connectivity index (χ0n) is 5.84. The van der Waals surface area contributed by atoms with Gasteiger partial charge in [0.25, 0.3) is 0 Å². The quantitative estimate of drug-likeness (QED) is 0.558. The van der Waals surface area contributed by atoms with Crippen LogP contribution in [0.5, 0.6) is 0 Å². The van der Waals surface area contributed by atoms with Crippen molar-refractivity contribution in [3.8, 4) is 0 Å². The predicted octanol–water partition coefficient (Wildman–Crippen LogP) is 1.04. The summed E-state index contributed by atoms with van der Waals surface area (Å²) in [6, 6.07) is 0. The highest BCUT2D eigenvalue weighted by Crippen LogP contribution is 1.97. The van der Waals surface area contributed by atoms with Crippen molar-refractivity contribution >= 4 is 21.9 Å². The number of rotatable bonds is 4. The largest absolute Gasteiger partial charge is 0.462 e. The number of hydrogen-bond donors (Lipinski definition) is 1. The average molecular weight is 211 g/mol. The SMILES string of the molecule is CCCC(=O)OCC(O)Br. The second-order valence-corrected chi connectivity index (χ2v) is 2.92. The summed E-state index contributed by atoms with van der Waals surface area (Å²) >= 11 is 2.83. The average Bonchev–Trinajstić information content (AvgIpc) is 1.85. The molecule has 0 aromatic carbocycles. The molecule has 1 N–H and O–H groups in total. The summed E-state index contributed by atoms with van der Waals surface area (Å²) in [5, 5.41) is 7.87. The molecule has 3 nitrogen and oxygen atoms in total. The summed E-state index contributed by atoms with van der Waals surface area (Å²) in [6.45, 7) is 1.92. The van der Waals surface area contributed by atoms with E-state index in [1.807, 2.05) is 6.92 Å². The number of esters is 1. The number of aliphatic hydroxyl groups is 1. The number of alkyl halides is 1. The van der Waals surface area contributed by atoms with Gasteiger partial charge in [0.15, 0.2) is 0 Å². The van der Waals surface area contributed by atoms with E-state index < -0.39 is 5.01 Å². The molecule has 0 fully saturated rings. The highest BCUT2D eigenvalue weighted by atomic mass is 79.9. The highest BCUT2D eigenvalue weighted by Gasteiger charge is 2.03. The van der Waals surface area contributed by atoms with Crippen molar-refractivity contribution in [2.45, 2.75) is 24.8 Å². The molecule has 0 aromatic heterocycles. The standard InChI is InChI=1S/C6H11BrO3/c1-2-3-6(9)10-4-5(7)8/h5,8H,2-4H2,1H3. The van der Waals surface area contributed by atoms with Crippen LogP contribution in [0.25, 0.3) is 0 Å². The summed E-state index contributed by atoms with van der Waals surface area (Å²) in [4.78, 5) is 10.6. The van der Waals surface area contributed by atoms with Crippen molar-refractivity contribution in [1.29, 1.82) is 0 Å². The Bertz CT molecular complexity index is 103. The number of aliphatic hydroxyl groups excluding tert-OH is 1. The van der Waals surface area contributed by atoms with Gasteiger partial charge in [-0.15, -0.1) is 0 Å². The lowest BCUT2D eigenvalue weighted by atomic mass is 10.3. The van der Waals surface area contributed by atoms with Crippen LogP contribution >= 0.6 is 15.9 Å². The third-order valence-electron chi connectivity index (χ3n) is 0.836. The van der Waals surface area contributed by atoms with Crippen LogP contribution in [0.1, 0.15) is 19.8 Å². The van der Waals surface area contributed by atoms with Gasteiger partial charge in [0.2, 0.25) is 0 Å². The van der Waals surface area contributed by atoms with E-state index in [1.165, 1.54) is 0 Å². The van der Waals surface area contributed by atoms with E-state index in [1.54, 1.807) is 0 Å². The molecular formula is C6H11BrO3. The Morgan fingerprint density at radius 3 is 2.80 bits per heavy atom. The first-order valence-corrected chi connectivity index (χ1v) is 4.06. The van der Waals surface area contributed by atoms with Crippen LogP contribution in [0, 0.1) is 0 Å². The Morgan fingerprint density at radius 1 is 1.80 bits per heavy atom. The van der Waals surface area contributed by atoms with Crippen molar-refractivity contribution in [3.63, 3.8) is 0 Å². The summed E-state index contributed by atoms with van der Waals surface area (Å²) in [5.41, 5.74) is 0. The molecule has 0 amide bonds. The number of carbonyl (C=O) groups excluding carboxylic acids is 1. The second-order valence-electron chi connectivity index (χ2n) is 1.87. The number of halogens is 1. The molecule has 0 aliphatic rings. The predicted molar refractivity (Wildman–Crippen MR) is 40.8 cm³/mol. The molecule has 0 bridgehead atoms. The first-order valence-electron chi connectivity index (χ1n) is 3.14. The molecule has 0 radical (unpaired) electrons. The van der Waals surface area contributed by atoms with Crippen molar-refractivity contribution in [3.05, 3.63) is 0 Å². The van der Waals surface area contributed by atoms with E-state index >= 15 is 0 Å². The Morgan fingerprint density at radius 2 is 2.40 bits per heavy atom. The van der Waals surface area contributed by atoms with Crippen LogP contribution in [0.15, 0.2) is 0 Å². The van der Waals surface area contributed by atoms with E-state index in [-0.39, 0.29) is 12.6 Å². The van der Waals surface area contributed by atoms with Gasteiger partial charge in [0, 0.05) is 6.42 Å². The number of ether oxygens (including phenoxy) is 1. The zero-order valence-corrected chi connectivity index (χ0v) is 7.43. The van der Waals surface area contributed by atoms with Gasteiger partial charge in [-0.25, -0.2) is 0 Å². The topological polar surface area (TPSA) is 46.5 Å². The van der Waals surface area contributed by atoms with Crippen LogP contribution in [0.3, 0.4) is 0 Å². The fraction of sp³-hybridized carbons (Fsp3) is 0.833. The maximum absolute atomic E-state index is 10.6. The minimum Gasteiger partial charge on any atom is -0.462 e. The normalized spacial score (nSPS) is 12.7. The van der Waals surface area contributed by atoms with Gasteiger partial charge >= 0.3 is 5.97 Å². The van der Waals surface area contributed by atoms with Gasteiger partial charge in [-0.05, 0) is 6.42 Å². The Balaban J connectivity index is 3.22. The van der Waals surface area contributed by atoms with Gasteiger partial charge in [-0.2, -0.15) is 0 Å². The summed E-state index contributed by atoms with van der Waals surface area (Å²) in [5.74, 6) is -0.263. The second kappa shape index (κ2) is 5.68. The molecular weight excluding hydrogens is 200 g/mol. The van der Waals surface area contributed by atoms with E-state index in [9.17, 15) is 4.79 Å². The maximum atomic E-state index is 10.6. The fourth-order valence-corrected chi connectivity index (χ4v) is 0.570. The molecule has 0 aliphatic heterocycles. The monoisotopic (exact) mass is 210 g/mol. The van der Waals surface area contributed by atoms with Crippen molar-refractivity contribution < 1.29 is 14.6 Å². The Kier molecular flexibility index (Phi) is 5.63. The Labute approximate surface area is 68.5 Å². The van der Waals surface area contributed by atoms with Gasteiger partial charge in [0.1, 0.15) is 11.6 Å². The van der Waals surface area contributed by atoms with Gasteiger partial charge in [-0.3, -0.25) is 4.79 Å². The third kappa shape index (κ3) is 6.04. The van der Waals surface area contributed by atoms with E-state index in [2.05, 4.69) is 20.7 Å². The van der Waals surface area contributed by atoms with Crippen molar-refractivity contribution in [1.82, 2.24) is 0 Å². The molecule has 60 valence electrons. The van der Waals surface area contributed by atoms with Crippen LogP contribution in [-0.4, -0.2) is 22.7 Å². The van der Waals surface area contributed by atoms with Crippen LogP contribution in [-0.2, 0) is 9.53 Å². The molecule has 0 rings (SSSR count). The lowest BCUT2D eigenvalue weighted by Crippen LogP contribution is -2.12. The molecule has 0 aliphatic carbocycles. The highest BCUT2D eigenvalue weighted by molar-refractivity contribution is 9.09.